The fourth-order valence-electron chi connectivity index (χ4n) is 4.24. The van der Waals surface area contributed by atoms with Gasteiger partial charge in [0.05, 0.1) is 18.6 Å². The summed E-state index contributed by atoms with van der Waals surface area (Å²) in [5, 5.41) is 3.28. The zero-order valence-electron chi connectivity index (χ0n) is 15.0. The molecule has 2 aliphatic rings. The van der Waals surface area contributed by atoms with Crippen LogP contribution in [0.3, 0.4) is 0 Å². The average Bonchev–Trinajstić information content (AvgIpc) is 2.63. The van der Waals surface area contributed by atoms with Crippen molar-refractivity contribution in [2.24, 2.45) is 11.1 Å². The van der Waals surface area contributed by atoms with Gasteiger partial charge < -0.3 is 15.8 Å². The molecule has 1 amide bonds. The number of ether oxygens (including phenoxy) is 1. The monoisotopic (exact) mass is 325 g/mol. The van der Waals surface area contributed by atoms with Gasteiger partial charge in [-0.3, -0.25) is 9.69 Å². The Kier molecular flexibility index (Phi) is 6.86. The molecule has 1 aliphatic heterocycles. The minimum absolute atomic E-state index is 0.125. The van der Waals surface area contributed by atoms with Crippen molar-refractivity contribution in [1.82, 2.24) is 10.2 Å². The molecule has 2 fully saturated rings. The van der Waals surface area contributed by atoms with Crippen molar-refractivity contribution in [3.63, 3.8) is 0 Å². The van der Waals surface area contributed by atoms with Gasteiger partial charge in [-0.25, -0.2) is 0 Å². The third-order valence-electron chi connectivity index (χ3n) is 6.27. The summed E-state index contributed by atoms with van der Waals surface area (Å²) in [6, 6.07) is 0. The van der Waals surface area contributed by atoms with Gasteiger partial charge >= 0.3 is 0 Å². The normalized spacial score (nSPS) is 22.7. The molecule has 0 radical (unpaired) electrons. The minimum atomic E-state index is -0.402. The summed E-state index contributed by atoms with van der Waals surface area (Å²) in [5.74, 6) is 0.142. The van der Waals surface area contributed by atoms with Crippen LogP contribution in [-0.4, -0.2) is 55.7 Å². The number of hydrogen-bond acceptors (Lipinski definition) is 4. The van der Waals surface area contributed by atoms with E-state index in [0.29, 0.717) is 6.54 Å². The first-order valence-electron chi connectivity index (χ1n) is 9.43. The largest absolute Gasteiger partial charge is 0.379 e. The van der Waals surface area contributed by atoms with Crippen LogP contribution in [-0.2, 0) is 9.53 Å². The fourth-order valence-corrected chi connectivity index (χ4v) is 4.24. The lowest BCUT2D eigenvalue weighted by molar-refractivity contribution is -0.132. The molecular weight excluding hydrogens is 290 g/mol. The van der Waals surface area contributed by atoms with Crippen LogP contribution in [0, 0.1) is 5.41 Å². The second-order valence-electron chi connectivity index (χ2n) is 7.26. The molecule has 3 N–H and O–H groups in total. The number of hydrogen-bond donors (Lipinski definition) is 2. The number of morpholine rings is 1. The van der Waals surface area contributed by atoms with Crippen molar-refractivity contribution in [3.8, 4) is 0 Å². The van der Waals surface area contributed by atoms with Gasteiger partial charge in [-0.05, 0) is 25.7 Å². The maximum atomic E-state index is 12.8. The van der Waals surface area contributed by atoms with Crippen LogP contribution in [0.5, 0.6) is 0 Å². The second kappa shape index (κ2) is 8.45. The van der Waals surface area contributed by atoms with E-state index in [0.717, 1.165) is 45.7 Å². The summed E-state index contributed by atoms with van der Waals surface area (Å²) in [6.45, 7) is 8.91. The van der Waals surface area contributed by atoms with Crippen LogP contribution < -0.4 is 11.1 Å². The Morgan fingerprint density at radius 3 is 2.30 bits per heavy atom. The minimum Gasteiger partial charge on any atom is -0.379 e. The fraction of sp³-hybridized carbons (Fsp3) is 0.944. The van der Waals surface area contributed by atoms with E-state index < -0.39 is 5.41 Å². The number of nitrogens with one attached hydrogen (secondary N) is 1. The number of rotatable bonds is 7. The Balaban J connectivity index is 2.04. The Morgan fingerprint density at radius 1 is 1.17 bits per heavy atom. The summed E-state index contributed by atoms with van der Waals surface area (Å²) in [5.41, 5.74) is 5.65. The van der Waals surface area contributed by atoms with Gasteiger partial charge in [0.25, 0.3) is 0 Å². The van der Waals surface area contributed by atoms with Gasteiger partial charge in [0.1, 0.15) is 0 Å². The molecule has 0 unspecified atom stereocenters. The van der Waals surface area contributed by atoms with Gasteiger partial charge in [-0.1, -0.05) is 33.1 Å². The quantitative estimate of drug-likeness (QED) is 0.750. The Hall–Kier alpha value is -0.650. The lowest BCUT2D eigenvalue weighted by atomic mass is 9.78. The zero-order valence-corrected chi connectivity index (χ0v) is 15.0. The highest BCUT2D eigenvalue weighted by Crippen LogP contribution is 2.34. The van der Waals surface area contributed by atoms with Crippen molar-refractivity contribution < 1.29 is 9.53 Å². The molecule has 1 aliphatic carbocycles. The second-order valence-corrected chi connectivity index (χ2v) is 7.26. The molecule has 0 atom stereocenters. The SMILES string of the molecule is CCC(CC)(CN)C(=O)NCC1(N2CCOCC2)CCCCC1. The van der Waals surface area contributed by atoms with Crippen LogP contribution in [0.1, 0.15) is 58.8 Å². The average molecular weight is 325 g/mol. The van der Waals surface area contributed by atoms with Crippen LogP contribution >= 0.6 is 0 Å². The zero-order chi connectivity index (χ0) is 16.8. The van der Waals surface area contributed by atoms with E-state index in [1.54, 1.807) is 0 Å². The van der Waals surface area contributed by atoms with E-state index in [2.05, 4.69) is 24.1 Å². The van der Waals surface area contributed by atoms with Gasteiger partial charge in [0.2, 0.25) is 5.91 Å². The van der Waals surface area contributed by atoms with Gasteiger partial charge in [0, 0.05) is 31.7 Å². The van der Waals surface area contributed by atoms with E-state index in [-0.39, 0.29) is 11.4 Å². The summed E-state index contributed by atoms with van der Waals surface area (Å²) in [7, 11) is 0. The van der Waals surface area contributed by atoms with Crippen LogP contribution in [0.15, 0.2) is 0 Å². The van der Waals surface area contributed by atoms with Gasteiger partial charge in [-0.15, -0.1) is 0 Å². The molecule has 134 valence electrons. The van der Waals surface area contributed by atoms with E-state index in [1.807, 2.05) is 0 Å². The first-order chi connectivity index (χ1) is 11.1. The smallest absolute Gasteiger partial charge is 0.227 e. The molecule has 1 heterocycles. The van der Waals surface area contributed by atoms with Crippen molar-refractivity contribution in [3.05, 3.63) is 0 Å². The molecule has 5 nitrogen and oxygen atoms in total. The number of carbonyl (C=O) groups excluding carboxylic acids is 1. The predicted molar refractivity (Wildman–Crippen MR) is 93.3 cm³/mol. The van der Waals surface area contributed by atoms with Gasteiger partial charge in [-0.2, -0.15) is 0 Å². The number of nitrogens with two attached hydrogens (primary N) is 1. The predicted octanol–water partition coefficient (Wildman–Crippen LogP) is 1.90. The van der Waals surface area contributed by atoms with Crippen molar-refractivity contribution in [1.29, 1.82) is 0 Å². The maximum absolute atomic E-state index is 12.8. The summed E-state index contributed by atoms with van der Waals surface area (Å²) in [6.07, 6.45) is 7.80. The Bertz CT molecular complexity index is 362. The van der Waals surface area contributed by atoms with Gasteiger partial charge in [0.15, 0.2) is 0 Å². The lowest BCUT2D eigenvalue weighted by Crippen LogP contribution is -2.61. The molecule has 0 spiro atoms. The van der Waals surface area contributed by atoms with E-state index in [9.17, 15) is 4.79 Å². The Morgan fingerprint density at radius 2 is 1.78 bits per heavy atom. The van der Waals surface area contributed by atoms with Crippen LogP contribution in [0.25, 0.3) is 0 Å². The van der Waals surface area contributed by atoms with Crippen molar-refractivity contribution in [2.75, 3.05) is 39.4 Å². The summed E-state index contributed by atoms with van der Waals surface area (Å²) < 4.78 is 5.52. The molecule has 2 rings (SSSR count). The van der Waals surface area contributed by atoms with E-state index in [1.165, 1.54) is 32.1 Å². The summed E-state index contributed by atoms with van der Waals surface area (Å²) >= 11 is 0. The molecule has 1 saturated heterocycles. The topological polar surface area (TPSA) is 67.6 Å². The molecule has 0 aromatic heterocycles. The summed E-state index contributed by atoms with van der Waals surface area (Å²) in [4.78, 5) is 15.4. The highest BCUT2D eigenvalue weighted by Gasteiger charge is 2.40. The third kappa shape index (κ3) is 4.06. The number of carbonyl (C=O) groups is 1. The third-order valence-corrected chi connectivity index (χ3v) is 6.27. The number of amides is 1. The van der Waals surface area contributed by atoms with Crippen LogP contribution in [0.2, 0.25) is 0 Å². The van der Waals surface area contributed by atoms with Crippen LogP contribution in [0.4, 0.5) is 0 Å². The highest BCUT2D eigenvalue weighted by molar-refractivity contribution is 5.82. The molecule has 23 heavy (non-hydrogen) atoms. The molecule has 0 aromatic carbocycles. The lowest BCUT2D eigenvalue weighted by Gasteiger charge is -2.48. The maximum Gasteiger partial charge on any atom is 0.227 e. The first-order valence-corrected chi connectivity index (χ1v) is 9.43. The van der Waals surface area contributed by atoms with E-state index in [4.69, 9.17) is 10.5 Å². The highest BCUT2D eigenvalue weighted by atomic mass is 16.5. The first kappa shape index (κ1) is 18.7. The molecule has 0 bridgehead atoms. The van der Waals surface area contributed by atoms with Crippen molar-refractivity contribution in [2.45, 2.75) is 64.3 Å². The van der Waals surface area contributed by atoms with E-state index >= 15 is 0 Å². The molecule has 5 heteroatoms. The molecule has 0 aromatic rings. The standard InChI is InChI=1S/C18H35N3O2/c1-3-17(4-2,14-19)16(22)20-15-18(8-6-5-7-9-18)21-10-12-23-13-11-21/h3-15,19H2,1-2H3,(H,20,22). The number of nitrogens with zero attached hydrogens (tertiary/aromatic N) is 1. The molecular formula is C18H35N3O2. The molecule has 1 saturated carbocycles. The van der Waals surface area contributed by atoms with Crippen molar-refractivity contribution >= 4 is 5.91 Å². The Labute approximate surface area is 141 Å².